The standard InChI is InChI=1S/C9H6N2/c1-6-2-7(1)9-8(3-6)4-10-5-11-9/h1,3-5H,2H2. The van der Waals surface area contributed by atoms with Crippen molar-refractivity contribution in [3.8, 4) is 0 Å². The molecule has 0 saturated carbocycles. The number of hydrogen-bond acceptors (Lipinski definition) is 2. The van der Waals surface area contributed by atoms with Crippen molar-refractivity contribution >= 4 is 10.9 Å². The lowest BCUT2D eigenvalue weighted by molar-refractivity contribution is 1.09. The van der Waals surface area contributed by atoms with Crippen LogP contribution in [0, 0.1) is 0 Å². The zero-order valence-corrected chi connectivity index (χ0v) is 5.91. The van der Waals surface area contributed by atoms with Gasteiger partial charge in [-0.3, -0.25) is 0 Å². The van der Waals surface area contributed by atoms with Gasteiger partial charge in [-0.1, -0.05) is 6.07 Å². The highest BCUT2D eigenvalue weighted by atomic mass is 14.8. The topological polar surface area (TPSA) is 25.8 Å². The van der Waals surface area contributed by atoms with Crippen LogP contribution in [-0.4, -0.2) is 9.97 Å². The van der Waals surface area contributed by atoms with Crippen LogP contribution in [0.1, 0.15) is 11.1 Å². The van der Waals surface area contributed by atoms with Crippen molar-refractivity contribution in [3.63, 3.8) is 0 Å². The highest BCUT2D eigenvalue weighted by Crippen LogP contribution is 2.28. The van der Waals surface area contributed by atoms with Crippen molar-refractivity contribution < 1.29 is 0 Å². The summed E-state index contributed by atoms with van der Waals surface area (Å²) in [6.45, 7) is 0. The molecule has 4 rings (SSSR count). The van der Waals surface area contributed by atoms with Gasteiger partial charge in [0.15, 0.2) is 0 Å². The number of hydrogen-bond donors (Lipinski definition) is 0. The molecule has 2 nitrogen and oxygen atoms in total. The van der Waals surface area contributed by atoms with Crippen molar-refractivity contribution in [2.75, 3.05) is 0 Å². The number of benzene rings is 1. The zero-order chi connectivity index (χ0) is 7.26. The first-order chi connectivity index (χ1) is 5.43. The maximum absolute atomic E-state index is 4.21. The molecule has 2 aliphatic carbocycles. The van der Waals surface area contributed by atoms with E-state index in [4.69, 9.17) is 0 Å². The third-order valence-electron chi connectivity index (χ3n) is 2.14. The zero-order valence-electron chi connectivity index (χ0n) is 5.91. The van der Waals surface area contributed by atoms with Crippen molar-refractivity contribution in [1.29, 1.82) is 0 Å². The van der Waals surface area contributed by atoms with Crippen molar-refractivity contribution in [3.05, 3.63) is 35.8 Å². The molecule has 1 heterocycles. The number of aromatic nitrogens is 2. The predicted molar refractivity (Wildman–Crippen MR) is 42.3 cm³/mol. The number of nitrogens with zero attached hydrogens (tertiary/aromatic N) is 2. The second-order valence-corrected chi connectivity index (χ2v) is 2.89. The van der Waals surface area contributed by atoms with E-state index in [-0.39, 0.29) is 0 Å². The third kappa shape index (κ3) is 0.564. The smallest absolute Gasteiger partial charge is 0.116 e. The molecule has 2 heteroatoms. The Morgan fingerprint density at radius 2 is 2.18 bits per heavy atom. The van der Waals surface area contributed by atoms with Gasteiger partial charge in [-0.05, 0) is 23.6 Å². The van der Waals surface area contributed by atoms with Crippen molar-refractivity contribution in [1.82, 2.24) is 9.97 Å². The van der Waals surface area contributed by atoms with Gasteiger partial charge in [0.2, 0.25) is 0 Å². The van der Waals surface area contributed by atoms with Gasteiger partial charge in [-0.25, -0.2) is 9.97 Å². The minimum atomic E-state index is 1.10. The van der Waals surface area contributed by atoms with Gasteiger partial charge >= 0.3 is 0 Å². The molecular weight excluding hydrogens is 136 g/mol. The van der Waals surface area contributed by atoms with E-state index in [1.807, 2.05) is 6.20 Å². The summed E-state index contributed by atoms with van der Waals surface area (Å²) in [5.74, 6) is 0. The van der Waals surface area contributed by atoms with Crippen molar-refractivity contribution in [2.24, 2.45) is 0 Å². The molecule has 0 fully saturated rings. The molecule has 0 aliphatic heterocycles. The van der Waals surface area contributed by atoms with Crippen LogP contribution in [0.15, 0.2) is 24.7 Å². The Labute approximate surface area is 63.9 Å². The van der Waals surface area contributed by atoms with E-state index in [0.29, 0.717) is 0 Å². The van der Waals surface area contributed by atoms with Gasteiger partial charge in [-0.15, -0.1) is 0 Å². The Kier molecular flexibility index (Phi) is 0.756. The van der Waals surface area contributed by atoms with Gasteiger partial charge in [0, 0.05) is 11.6 Å². The summed E-state index contributed by atoms with van der Waals surface area (Å²) in [5, 5.41) is 1.17. The summed E-state index contributed by atoms with van der Waals surface area (Å²) in [7, 11) is 0. The lowest BCUT2D eigenvalue weighted by Gasteiger charge is -2.16. The fourth-order valence-electron chi connectivity index (χ4n) is 1.57. The first-order valence-electron chi connectivity index (χ1n) is 3.65. The van der Waals surface area contributed by atoms with E-state index in [0.717, 1.165) is 11.9 Å². The molecular formula is C9H6N2. The number of rotatable bonds is 0. The average Bonchev–Trinajstić information content (AvgIpc) is 2.02. The molecule has 0 atom stereocenters. The minimum Gasteiger partial charge on any atom is -0.244 e. The highest BCUT2D eigenvalue weighted by Gasteiger charge is 2.13. The maximum atomic E-state index is 4.21. The molecule has 2 aromatic rings. The first kappa shape index (κ1) is 5.24. The average molecular weight is 142 g/mol. The van der Waals surface area contributed by atoms with Gasteiger partial charge < -0.3 is 0 Å². The molecule has 1 aromatic heterocycles. The minimum absolute atomic E-state index is 1.10. The molecule has 1 aromatic carbocycles. The van der Waals surface area contributed by atoms with Gasteiger partial charge in [0.1, 0.15) is 6.33 Å². The quantitative estimate of drug-likeness (QED) is 0.475. The molecule has 11 heavy (non-hydrogen) atoms. The van der Waals surface area contributed by atoms with Crippen LogP contribution in [0.3, 0.4) is 0 Å². The van der Waals surface area contributed by atoms with Crippen LogP contribution < -0.4 is 0 Å². The summed E-state index contributed by atoms with van der Waals surface area (Å²) in [4.78, 5) is 8.18. The molecule has 2 bridgehead atoms. The Hall–Kier alpha value is -1.44. The Bertz CT molecular complexity index is 435. The highest BCUT2D eigenvalue weighted by molar-refractivity contribution is 5.85. The molecule has 0 amide bonds. The van der Waals surface area contributed by atoms with Crippen LogP contribution in [0.2, 0.25) is 0 Å². The van der Waals surface area contributed by atoms with Crippen LogP contribution in [0.4, 0.5) is 0 Å². The molecule has 0 N–H and O–H groups in total. The summed E-state index contributed by atoms with van der Waals surface area (Å²) in [6, 6.07) is 4.34. The van der Waals surface area contributed by atoms with Crippen LogP contribution in [0.5, 0.6) is 0 Å². The SMILES string of the molecule is c1ncc2cc3cc(c2n1)C3. The summed E-state index contributed by atoms with van der Waals surface area (Å²) >= 11 is 0. The van der Waals surface area contributed by atoms with E-state index in [1.54, 1.807) is 6.33 Å². The second-order valence-electron chi connectivity index (χ2n) is 2.89. The van der Waals surface area contributed by atoms with E-state index >= 15 is 0 Å². The van der Waals surface area contributed by atoms with E-state index < -0.39 is 0 Å². The Balaban J connectivity index is 2.57. The van der Waals surface area contributed by atoms with Crippen molar-refractivity contribution in [2.45, 2.75) is 6.42 Å². The van der Waals surface area contributed by atoms with E-state index in [9.17, 15) is 0 Å². The molecule has 52 valence electrons. The van der Waals surface area contributed by atoms with Gasteiger partial charge in [0.25, 0.3) is 0 Å². The van der Waals surface area contributed by atoms with E-state index in [1.165, 1.54) is 16.5 Å². The molecule has 2 aliphatic rings. The van der Waals surface area contributed by atoms with Crippen LogP contribution in [-0.2, 0) is 6.42 Å². The normalized spacial score (nSPS) is 13.1. The lowest BCUT2D eigenvalue weighted by atomic mass is 9.90. The van der Waals surface area contributed by atoms with Crippen LogP contribution >= 0.6 is 0 Å². The monoisotopic (exact) mass is 142 g/mol. The predicted octanol–water partition coefficient (Wildman–Crippen LogP) is 1.53. The maximum Gasteiger partial charge on any atom is 0.116 e. The molecule has 0 radical (unpaired) electrons. The van der Waals surface area contributed by atoms with Crippen LogP contribution in [0.25, 0.3) is 10.9 Å². The molecule has 0 spiro atoms. The molecule has 0 saturated heterocycles. The Morgan fingerprint density at radius 1 is 1.27 bits per heavy atom. The van der Waals surface area contributed by atoms with Gasteiger partial charge in [0.05, 0.1) is 5.52 Å². The molecule has 0 unspecified atom stereocenters. The summed E-state index contributed by atoms with van der Waals surface area (Å²) in [5.41, 5.74) is 3.89. The lowest BCUT2D eigenvalue weighted by Crippen LogP contribution is -2.03. The Morgan fingerprint density at radius 3 is 3.00 bits per heavy atom. The summed E-state index contributed by atoms with van der Waals surface area (Å²) in [6.07, 6.45) is 4.58. The fourth-order valence-corrected chi connectivity index (χ4v) is 1.57. The largest absolute Gasteiger partial charge is 0.244 e. The fraction of sp³-hybridized carbons (Fsp3) is 0.111. The summed E-state index contributed by atoms with van der Waals surface area (Å²) < 4.78 is 0. The van der Waals surface area contributed by atoms with E-state index in [2.05, 4.69) is 22.1 Å². The van der Waals surface area contributed by atoms with Gasteiger partial charge in [-0.2, -0.15) is 0 Å². The second kappa shape index (κ2) is 1.59. The third-order valence-corrected chi connectivity index (χ3v) is 2.14. The first-order valence-corrected chi connectivity index (χ1v) is 3.65.